The Morgan fingerprint density at radius 1 is 0.939 bits per heavy atom. The number of nitrogens with zero attached hydrogens (tertiary/aromatic N) is 1. The van der Waals surface area contributed by atoms with E-state index >= 15 is 0 Å². The summed E-state index contributed by atoms with van der Waals surface area (Å²) in [5, 5.41) is 5.71. The van der Waals surface area contributed by atoms with E-state index in [1.54, 1.807) is 26.1 Å². The van der Waals surface area contributed by atoms with E-state index in [1.807, 2.05) is 62.4 Å². The molecule has 2 amide bonds. The summed E-state index contributed by atoms with van der Waals surface area (Å²) in [5.41, 5.74) is 4.70. The van der Waals surface area contributed by atoms with Crippen LogP contribution in [0.2, 0.25) is 0 Å². The first-order chi connectivity index (χ1) is 15.7. The van der Waals surface area contributed by atoms with Crippen LogP contribution in [0, 0.1) is 19.3 Å². The lowest BCUT2D eigenvalue weighted by Gasteiger charge is -2.21. The molecule has 3 rings (SSSR count). The smallest absolute Gasteiger partial charge is 0.323 e. The minimum absolute atomic E-state index is 0.163. The van der Waals surface area contributed by atoms with Crippen LogP contribution in [0.25, 0.3) is 11.1 Å². The first-order valence-electron chi connectivity index (χ1n) is 10.6. The molecule has 0 aliphatic carbocycles. The highest BCUT2D eigenvalue weighted by atomic mass is 16.5. The Kier molecular flexibility index (Phi) is 7.33. The lowest BCUT2D eigenvalue weighted by atomic mass is 9.95. The van der Waals surface area contributed by atoms with Crippen LogP contribution in [-0.2, 0) is 9.53 Å². The molecule has 0 fully saturated rings. The van der Waals surface area contributed by atoms with E-state index < -0.39 is 5.41 Å². The van der Waals surface area contributed by atoms with Gasteiger partial charge in [0.1, 0.15) is 6.61 Å². The molecule has 2 N–H and O–H groups in total. The maximum Gasteiger partial charge on any atom is 0.323 e. The quantitative estimate of drug-likeness (QED) is 0.461. The van der Waals surface area contributed by atoms with E-state index in [9.17, 15) is 9.59 Å². The van der Waals surface area contributed by atoms with Crippen LogP contribution in [0.15, 0.2) is 60.8 Å². The summed E-state index contributed by atoms with van der Waals surface area (Å²) >= 11 is 0. The van der Waals surface area contributed by atoms with Gasteiger partial charge >= 0.3 is 12.0 Å². The molecule has 7 heteroatoms. The Labute approximate surface area is 194 Å². The Morgan fingerprint density at radius 2 is 1.64 bits per heavy atom. The normalized spacial score (nSPS) is 10.9. The Hall–Kier alpha value is -3.87. The van der Waals surface area contributed by atoms with Crippen LogP contribution in [0.4, 0.5) is 16.2 Å². The van der Waals surface area contributed by atoms with Gasteiger partial charge in [-0.3, -0.25) is 4.79 Å². The average Bonchev–Trinajstić information content (AvgIpc) is 2.80. The number of methoxy groups -OCH3 is 1. The van der Waals surface area contributed by atoms with E-state index in [4.69, 9.17) is 9.47 Å². The van der Waals surface area contributed by atoms with Crippen LogP contribution in [0.1, 0.15) is 25.0 Å². The molecule has 0 spiro atoms. The molecule has 0 bridgehead atoms. The van der Waals surface area contributed by atoms with E-state index in [-0.39, 0.29) is 18.6 Å². The fraction of sp³-hybridized carbons (Fsp3) is 0.269. The topological polar surface area (TPSA) is 89.5 Å². The van der Waals surface area contributed by atoms with Crippen LogP contribution < -0.4 is 15.4 Å². The largest absolute Gasteiger partial charge is 0.476 e. The molecule has 0 saturated carbocycles. The second-order valence-electron chi connectivity index (χ2n) is 8.52. The first-order valence-corrected chi connectivity index (χ1v) is 10.6. The Bertz CT molecular complexity index is 1120. The van der Waals surface area contributed by atoms with Crippen molar-refractivity contribution in [3.8, 4) is 17.0 Å². The molecule has 1 aromatic heterocycles. The molecule has 0 unspecified atom stereocenters. The lowest BCUT2D eigenvalue weighted by molar-refractivity contribution is -0.152. The number of ether oxygens (including phenoxy) is 2. The molecule has 1 heterocycles. The zero-order valence-electron chi connectivity index (χ0n) is 19.6. The van der Waals surface area contributed by atoms with Crippen molar-refractivity contribution in [3.63, 3.8) is 0 Å². The Balaban J connectivity index is 1.58. The standard InChI is InChI=1S/C26H29N3O4/c1-17-6-12-22(18(2)14-17)29-25(31)28-21-10-7-19(8-11-21)20-9-13-23(27-15-20)33-16-26(3,4)24(30)32-5/h6-15H,16H2,1-5H3,(H2,28,29,31). The number of esters is 1. The fourth-order valence-corrected chi connectivity index (χ4v) is 3.21. The van der Waals surface area contributed by atoms with Crippen LogP contribution >= 0.6 is 0 Å². The van der Waals surface area contributed by atoms with Crippen molar-refractivity contribution in [1.29, 1.82) is 0 Å². The van der Waals surface area contributed by atoms with Gasteiger partial charge in [-0.15, -0.1) is 0 Å². The van der Waals surface area contributed by atoms with Gasteiger partial charge in [0, 0.05) is 29.2 Å². The Morgan fingerprint density at radius 3 is 2.24 bits per heavy atom. The number of rotatable bonds is 7. The van der Waals surface area contributed by atoms with Gasteiger partial charge in [0.25, 0.3) is 0 Å². The molecule has 2 aromatic carbocycles. The maximum absolute atomic E-state index is 12.3. The van der Waals surface area contributed by atoms with Gasteiger partial charge in [-0.1, -0.05) is 29.8 Å². The minimum Gasteiger partial charge on any atom is -0.476 e. The van der Waals surface area contributed by atoms with E-state index in [2.05, 4.69) is 15.6 Å². The highest BCUT2D eigenvalue weighted by molar-refractivity contribution is 6.00. The second kappa shape index (κ2) is 10.2. The summed E-state index contributed by atoms with van der Waals surface area (Å²) in [7, 11) is 1.36. The third-order valence-corrected chi connectivity index (χ3v) is 5.16. The molecule has 172 valence electrons. The number of carbonyl (C=O) groups excluding carboxylic acids is 2. The number of aryl methyl sites for hydroxylation is 2. The summed E-state index contributed by atoms with van der Waals surface area (Å²) in [6, 6.07) is 16.7. The molecule has 0 saturated heterocycles. The predicted molar refractivity (Wildman–Crippen MR) is 130 cm³/mol. The summed E-state index contributed by atoms with van der Waals surface area (Å²) in [5.74, 6) is 0.0904. The van der Waals surface area contributed by atoms with Crippen molar-refractivity contribution in [2.24, 2.45) is 5.41 Å². The van der Waals surface area contributed by atoms with Crippen molar-refractivity contribution in [2.75, 3.05) is 24.4 Å². The minimum atomic E-state index is -0.762. The number of benzene rings is 2. The molecule has 0 atom stereocenters. The molecule has 3 aromatic rings. The van der Waals surface area contributed by atoms with Crippen LogP contribution in [0.5, 0.6) is 5.88 Å². The van der Waals surface area contributed by atoms with E-state index in [0.717, 1.165) is 27.9 Å². The van der Waals surface area contributed by atoms with Crippen molar-refractivity contribution in [2.45, 2.75) is 27.7 Å². The highest BCUT2D eigenvalue weighted by Gasteiger charge is 2.29. The highest BCUT2D eigenvalue weighted by Crippen LogP contribution is 2.24. The number of hydrogen-bond acceptors (Lipinski definition) is 5. The average molecular weight is 448 g/mol. The van der Waals surface area contributed by atoms with Gasteiger partial charge in [0.15, 0.2) is 0 Å². The van der Waals surface area contributed by atoms with Crippen LogP contribution in [-0.4, -0.2) is 30.7 Å². The summed E-state index contributed by atoms with van der Waals surface area (Å²) < 4.78 is 10.4. The number of carbonyl (C=O) groups is 2. The fourth-order valence-electron chi connectivity index (χ4n) is 3.21. The van der Waals surface area contributed by atoms with Gasteiger partial charge in [0.05, 0.1) is 12.5 Å². The zero-order chi connectivity index (χ0) is 24.0. The number of hydrogen-bond donors (Lipinski definition) is 2. The van der Waals surface area contributed by atoms with Gasteiger partial charge in [-0.2, -0.15) is 0 Å². The molecule has 0 radical (unpaired) electrons. The van der Waals surface area contributed by atoms with E-state index in [1.165, 1.54) is 7.11 Å². The second-order valence-corrected chi connectivity index (χ2v) is 8.52. The number of anilines is 2. The van der Waals surface area contributed by atoms with Gasteiger partial charge in [-0.25, -0.2) is 9.78 Å². The molecule has 0 aliphatic rings. The van der Waals surface area contributed by atoms with Crippen molar-refractivity contribution in [1.82, 2.24) is 4.98 Å². The SMILES string of the molecule is COC(=O)C(C)(C)COc1ccc(-c2ccc(NC(=O)Nc3ccc(C)cc3C)cc2)cn1. The number of urea groups is 1. The summed E-state index contributed by atoms with van der Waals surface area (Å²) in [4.78, 5) is 28.4. The van der Waals surface area contributed by atoms with E-state index in [0.29, 0.717) is 11.6 Å². The maximum atomic E-state index is 12.3. The molecular weight excluding hydrogens is 418 g/mol. The molecule has 0 aliphatic heterocycles. The number of pyridine rings is 1. The molecular formula is C26H29N3O4. The number of nitrogens with one attached hydrogen (secondary N) is 2. The predicted octanol–water partition coefficient (Wildman–Crippen LogP) is 5.59. The van der Waals surface area contributed by atoms with Gasteiger partial charge in [-0.05, 0) is 63.1 Å². The first kappa shape index (κ1) is 23.8. The van der Waals surface area contributed by atoms with Gasteiger partial charge in [0.2, 0.25) is 5.88 Å². The number of aromatic nitrogens is 1. The molecule has 7 nitrogen and oxygen atoms in total. The number of amides is 2. The van der Waals surface area contributed by atoms with Crippen molar-refractivity contribution in [3.05, 3.63) is 71.9 Å². The zero-order valence-corrected chi connectivity index (χ0v) is 19.6. The lowest BCUT2D eigenvalue weighted by Crippen LogP contribution is -2.32. The third kappa shape index (κ3) is 6.32. The molecule has 33 heavy (non-hydrogen) atoms. The van der Waals surface area contributed by atoms with Crippen molar-refractivity contribution < 1.29 is 19.1 Å². The van der Waals surface area contributed by atoms with Gasteiger partial charge < -0.3 is 20.1 Å². The third-order valence-electron chi connectivity index (χ3n) is 5.16. The monoisotopic (exact) mass is 447 g/mol. The summed E-state index contributed by atoms with van der Waals surface area (Å²) in [6.07, 6.45) is 1.70. The summed E-state index contributed by atoms with van der Waals surface area (Å²) in [6.45, 7) is 7.65. The van der Waals surface area contributed by atoms with Crippen molar-refractivity contribution >= 4 is 23.4 Å². The van der Waals surface area contributed by atoms with Crippen LogP contribution in [0.3, 0.4) is 0 Å².